The van der Waals surface area contributed by atoms with Crippen LogP contribution in [0.3, 0.4) is 0 Å². The fourth-order valence-electron chi connectivity index (χ4n) is 2.46. The highest BCUT2D eigenvalue weighted by Crippen LogP contribution is 2.24. The summed E-state index contributed by atoms with van der Waals surface area (Å²) >= 11 is 6.06. The second kappa shape index (κ2) is 8.36. The summed E-state index contributed by atoms with van der Waals surface area (Å²) in [5.41, 5.74) is 4.44. The van der Waals surface area contributed by atoms with Crippen LogP contribution < -0.4 is 10.6 Å². The number of halogens is 1. The molecule has 5 heteroatoms. The van der Waals surface area contributed by atoms with Crippen LogP contribution in [-0.2, 0) is 11.2 Å². The van der Waals surface area contributed by atoms with Gasteiger partial charge in [0.05, 0.1) is 0 Å². The van der Waals surface area contributed by atoms with Gasteiger partial charge in [0.2, 0.25) is 0 Å². The van der Waals surface area contributed by atoms with E-state index in [1.807, 2.05) is 38.1 Å². The highest BCUT2D eigenvalue weighted by atomic mass is 35.5. The average Bonchev–Trinajstić information content (AvgIpc) is 2.60. The van der Waals surface area contributed by atoms with Crippen molar-refractivity contribution in [2.24, 2.45) is 0 Å². The van der Waals surface area contributed by atoms with Crippen molar-refractivity contribution in [3.63, 3.8) is 0 Å². The van der Waals surface area contributed by atoms with Crippen LogP contribution in [0.1, 0.15) is 23.6 Å². The summed E-state index contributed by atoms with van der Waals surface area (Å²) in [4.78, 5) is 12.4. The molecule has 0 unspecified atom stereocenters. The molecular weight excluding hydrogens is 334 g/mol. The van der Waals surface area contributed by atoms with Crippen LogP contribution in [-0.4, -0.2) is 5.91 Å². The molecule has 0 aliphatic rings. The number of carbonyl (C=O) groups is 1. The number of para-hydroxylation sites is 1. The van der Waals surface area contributed by atoms with Crippen LogP contribution in [0, 0.1) is 25.2 Å². The molecule has 0 radical (unpaired) electrons. The van der Waals surface area contributed by atoms with E-state index in [2.05, 4.69) is 17.6 Å². The molecule has 2 N–H and O–H groups in total. The largest absolute Gasteiger partial charge is 0.360 e. The van der Waals surface area contributed by atoms with Crippen molar-refractivity contribution >= 4 is 28.9 Å². The summed E-state index contributed by atoms with van der Waals surface area (Å²) in [5, 5.41) is 15.7. The van der Waals surface area contributed by atoms with E-state index < -0.39 is 5.91 Å². The van der Waals surface area contributed by atoms with Gasteiger partial charge < -0.3 is 10.6 Å². The molecule has 0 saturated carbocycles. The molecule has 0 saturated heterocycles. The molecule has 2 rings (SSSR count). The van der Waals surface area contributed by atoms with Crippen molar-refractivity contribution in [2.45, 2.75) is 27.2 Å². The minimum absolute atomic E-state index is 0.00955. The van der Waals surface area contributed by atoms with Gasteiger partial charge in [0.25, 0.3) is 5.91 Å². The Morgan fingerprint density at radius 3 is 2.64 bits per heavy atom. The number of amides is 1. The third-order valence-corrected chi connectivity index (χ3v) is 4.39. The second-order valence-electron chi connectivity index (χ2n) is 5.64. The summed E-state index contributed by atoms with van der Waals surface area (Å²) in [6, 6.07) is 13.2. The van der Waals surface area contributed by atoms with E-state index in [1.165, 1.54) is 6.20 Å². The van der Waals surface area contributed by atoms with Gasteiger partial charge >= 0.3 is 0 Å². The fraction of sp³-hybridized carbons (Fsp3) is 0.200. The number of benzene rings is 2. The molecule has 0 aromatic heterocycles. The average molecular weight is 354 g/mol. The first-order valence-electron chi connectivity index (χ1n) is 7.99. The number of nitrogens with one attached hydrogen (secondary N) is 2. The van der Waals surface area contributed by atoms with Gasteiger partial charge in [0, 0.05) is 22.6 Å². The smallest absolute Gasteiger partial charge is 0.267 e. The molecule has 128 valence electrons. The third kappa shape index (κ3) is 4.40. The quantitative estimate of drug-likeness (QED) is 0.588. The molecule has 0 aliphatic carbocycles. The Kier molecular flexibility index (Phi) is 6.21. The highest BCUT2D eigenvalue weighted by molar-refractivity contribution is 6.31. The number of rotatable bonds is 5. The van der Waals surface area contributed by atoms with Crippen molar-refractivity contribution in [1.29, 1.82) is 5.26 Å². The lowest BCUT2D eigenvalue weighted by Crippen LogP contribution is -2.15. The first kappa shape index (κ1) is 18.6. The molecular formula is C20H20ClN3O. The zero-order valence-corrected chi connectivity index (χ0v) is 15.2. The molecule has 25 heavy (non-hydrogen) atoms. The Bertz CT molecular complexity index is 866. The first-order valence-corrected chi connectivity index (χ1v) is 8.37. The van der Waals surface area contributed by atoms with E-state index in [4.69, 9.17) is 11.6 Å². The van der Waals surface area contributed by atoms with E-state index in [0.717, 1.165) is 28.8 Å². The predicted molar refractivity (Wildman–Crippen MR) is 103 cm³/mol. The number of aryl methyl sites for hydroxylation is 2. The topological polar surface area (TPSA) is 64.9 Å². The number of hydrogen-bond donors (Lipinski definition) is 2. The Morgan fingerprint density at radius 2 is 1.96 bits per heavy atom. The Morgan fingerprint density at radius 1 is 1.24 bits per heavy atom. The molecule has 0 aliphatic heterocycles. The Hall–Kier alpha value is -2.77. The standard InChI is InChI=1S/C20H20ClN3O/c1-4-15-8-5-7-13(2)19(15)23-12-16(11-22)20(25)24-18-10-6-9-17(21)14(18)3/h5-10,12,23H,4H2,1-3H3,(H,24,25)/b16-12-. The third-order valence-electron chi connectivity index (χ3n) is 3.98. The van der Waals surface area contributed by atoms with Gasteiger partial charge in [-0.15, -0.1) is 0 Å². The monoisotopic (exact) mass is 353 g/mol. The number of anilines is 2. The van der Waals surface area contributed by atoms with Gasteiger partial charge in [0.15, 0.2) is 0 Å². The SMILES string of the molecule is CCc1cccc(C)c1N/C=C(/C#N)C(=O)Nc1cccc(Cl)c1C. The molecule has 1 amide bonds. The minimum Gasteiger partial charge on any atom is -0.360 e. The van der Waals surface area contributed by atoms with E-state index in [1.54, 1.807) is 18.2 Å². The summed E-state index contributed by atoms with van der Waals surface area (Å²) < 4.78 is 0. The van der Waals surface area contributed by atoms with Gasteiger partial charge in [0.1, 0.15) is 11.6 Å². The number of hydrogen-bond acceptors (Lipinski definition) is 3. The second-order valence-corrected chi connectivity index (χ2v) is 6.05. The molecule has 2 aromatic carbocycles. The number of nitriles is 1. The Labute approximate surface area is 153 Å². The predicted octanol–water partition coefficient (Wildman–Crippen LogP) is 4.98. The van der Waals surface area contributed by atoms with Gasteiger partial charge in [-0.1, -0.05) is 42.8 Å². The maximum Gasteiger partial charge on any atom is 0.267 e. The van der Waals surface area contributed by atoms with Crippen LogP contribution in [0.4, 0.5) is 11.4 Å². The fourth-order valence-corrected chi connectivity index (χ4v) is 2.63. The lowest BCUT2D eigenvalue weighted by molar-refractivity contribution is -0.112. The lowest BCUT2D eigenvalue weighted by atomic mass is 10.1. The molecule has 0 atom stereocenters. The summed E-state index contributed by atoms with van der Waals surface area (Å²) in [7, 11) is 0. The summed E-state index contributed by atoms with van der Waals surface area (Å²) in [5.74, 6) is -0.480. The van der Waals surface area contributed by atoms with E-state index in [0.29, 0.717) is 10.7 Å². The maximum absolute atomic E-state index is 12.4. The van der Waals surface area contributed by atoms with E-state index >= 15 is 0 Å². The number of nitrogens with zero attached hydrogens (tertiary/aromatic N) is 1. The van der Waals surface area contributed by atoms with Crippen LogP contribution in [0.15, 0.2) is 48.2 Å². The molecule has 0 spiro atoms. The van der Waals surface area contributed by atoms with Crippen LogP contribution in [0.5, 0.6) is 0 Å². The molecule has 0 bridgehead atoms. The minimum atomic E-state index is -0.480. The van der Waals surface area contributed by atoms with Crippen molar-refractivity contribution in [3.05, 3.63) is 69.9 Å². The van der Waals surface area contributed by atoms with Gasteiger partial charge in [-0.2, -0.15) is 5.26 Å². The first-order chi connectivity index (χ1) is 12.0. The molecule has 0 fully saturated rings. The van der Waals surface area contributed by atoms with Crippen LogP contribution in [0.25, 0.3) is 0 Å². The highest BCUT2D eigenvalue weighted by Gasteiger charge is 2.12. The summed E-state index contributed by atoms with van der Waals surface area (Å²) in [6.45, 7) is 5.85. The molecule has 2 aromatic rings. The molecule has 4 nitrogen and oxygen atoms in total. The maximum atomic E-state index is 12.4. The van der Waals surface area contributed by atoms with E-state index in [9.17, 15) is 10.1 Å². The lowest BCUT2D eigenvalue weighted by Gasteiger charge is -2.12. The van der Waals surface area contributed by atoms with Crippen molar-refractivity contribution in [1.82, 2.24) is 0 Å². The zero-order chi connectivity index (χ0) is 18.4. The summed E-state index contributed by atoms with van der Waals surface area (Å²) in [6.07, 6.45) is 2.30. The van der Waals surface area contributed by atoms with Crippen molar-refractivity contribution in [2.75, 3.05) is 10.6 Å². The van der Waals surface area contributed by atoms with Crippen LogP contribution in [0.2, 0.25) is 5.02 Å². The molecule has 0 heterocycles. The number of carbonyl (C=O) groups excluding carboxylic acids is 1. The Balaban J connectivity index is 2.22. The van der Waals surface area contributed by atoms with Gasteiger partial charge in [-0.3, -0.25) is 4.79 Å². The normalized spacial score (nSPS) is 10.9. The van der Waals surface area contributed by atoms with Crippen LogP contribution >= 0.6 is 11.6 Å². The van der Waals surface area contributed by atoms with E-state index in [-0.39, 0.29) is 5.57 Å². The van der Waals surface area contributed by atoms with Crippen molar-refractivity contribution < 1.29 is 4.79 Å². The van der Waals surface area contributed by atoms with Crippen molar-refractivity contribution in [3.8, 4) is 6.07 Å². The van der Waals surface area contributed by atoms with Gasteiger partial charge in [-0.05, 0) is 49.1 Å². The zero-order valence-electron chi connectivity index (χ0n) is 14.5. The van der Waals surface area contributed by atoms with Gasteiger partial charge in [-0.25, -0.2) is 0 Å².